The fourth-order valence-electron chi connectivity index (χ4n) is 2.72. The van der Waals surface area contributed by atoms with Crippen molar-refractivity contribution in [1.82, 2.24) is 19.7 Å². The SMILES string of the molecule is Cc1nc(NC(=O)N2CCCN(c3ccc(F)cc3)CC2)nn1C. The molecule has 1 aliphatic heterocycles. The number of hydrogen-bond acceptors (Lipinski definition) is 4. The second kappa shape index (κ2) is 6.86. The third kappa shape index (κ3) is 3.64. The monoisotopic (exact) mass is 332 g/mol. The summed E-state index contributed by atoms with van der Waals surface area (Å²) in [6, 6.07) is 6.26. The molecule has 0 saturated carbocycles. The van der Waals surface area contributed by atoms with E-state index in [-0.39, 0.29) is 11.8 Å². The van der Waals surface area contributed by atoms with Crippen LogP contribution in [0.2, 0.25) is 0 Å². The van der Waals surface area contributed by atoms with Crippen LogP contribution in [-0.2, 0) is 7.05 Å². The molecule has 1 saturated heterocycles. The van der Waals surface area contributed by atoms with Crippen molar-refractivity contribution in [2.75, 3.05) is 36.4 Å². The number of nitrogens with one attached hydrogen (secondary N) is 1. The van der Waals surface area contributed by atoms with Crippen LogP contribution in [0.3, 0.4) is 0 Å². The number of halogens is 1. The number of aromatic nitrogens is 3. The van der Waals surface area contributed by atoms with Gasteiger partial charge in [-0.25, -0.2) is 9.18 Å². The first-order valence-electron chi connectivity index (χ1n) is 7.97. The molecule has 2 amide bonds. The van der Waals surface area contributed by atoms with Crippen LogP contribution in [-0.4, -0.2) is 51.9 Å². The maximum absolute atomic E-state index is 13.0. The highest BCUT2D eigenvalue weighted by Crippen LogP contribution is 2.17. The molecule has 3 rings (SSSR count). The molecule has 0 aliphatic carbocycles. The first kappa shape index (κ1) is 16.2. The predicted molar refractivity (Wildman–Crippen MR) is 89.6 cm³/mol. The molecule has 1 aliphatic rings. The second-order valence-electron chi connectivity index (χ2n) is 5.84. The number of carbonyl (C=O) groups is 1. The lowest BCUT2D eigenvalue weighted by Gasteiger charge is -2.23. The topological polar surface area (TPSA) is 66.3 Å². The molecule has 0 spiro atoms. The van der Waals surface area contributed by atoms with E-state index in [1.54, 1.807) is 28.8 Å². The first-order valence-corrected chi connectivity index (χ1v) is 7.97. The lowest BCUT2D eigenvalue weighted by Crippen LogP contribution is -2.38. The zero-order valence-corrected chi connectivity index (χ0v) is 13.9. The minimum absolute atomic E-state index is 0.193. The van der Waals surface area contributed by atoms with Gasteiger partial charge in [-0.2, -0.15) is 4.98 Å². The van der Waals surface area contributed by atoms with Gasteiger partial charge in [0.2, 0.25) is 5.95 Å². The van der Waals surface area contributed by atoms with Gasteiger partial charge < -0.3 is 9.80 Å². The number of nitrogens with zero attached hydrogens (tertiary/aromatic N) is 5. The third-order valence-electron chi connectivity index (χ3n) is 4.17. The zero-order valence-electron chi connectivity index (χ0n) is 13.9. The molecule has 128 valence electrons. The molecule has 0 radical (unpaired) electrons. The highest BCUT2D eigenvalue weighted by molar-refractivity contribution is 5.87. The van der Waals surface area contributed by atoms with Gasteiger partial charge in [-0.15, -0.1) is 5.10 Å². The first-order chi connectivity index (χ1) is 11.5. The molecule has 24 heavy (non-hydrogen) atoms. The van der Waals surface area contributed by atoms with Crippen LogP contribution < -0.4 is 10.2 Å². The van der Waals surface area contributed by atoms with E-state index in [0.717, 1.165) is 24.5 Å². The van der Waals surface area contributed by atoms with Crippen LogP contribution in [0, 0.1) is 12.7 Å². The summed E-state index contributed by atoms with van der Waals surface area (Å²) in [6.45, 7) is 4.61. The van der Waals surface area contributed by atoms with Crippen molar-refractivity contribution < 1.29 is 9.18 Å². The highest BCUT2D eigenvalue weighted by Gasteiger charge is 2.20. The number of urea groups is 1. The van der Waals surface area contributed by atoms with Gasteiger partial charge in [0, 0.05) is 38.9 Å². The molecule has 2 heterocycles. The van der Waals surface area contributed by atoms with E-state index in [1.165, 1.54) is 12.1 Å². The van der Waals surface area contributed by atoms with E-state index in [0.29, 0.717) is 25.6 Å². The van der Waals surface area contributed by atoms with Crippen molar-refractivity contribution in [3.05, 3.63) is 35.9 Å². The summed E-state index contributed by atoms with van der Waals surface area (Å²) >= 11 is 0. The molecule has 1 aromatic carbocycles. The Balaban J connectivity index is 1.60. The smallest absolute Gasteiger partial charge is 0.324 e. The Hall–Kier alpha value is -2.64. The molecule has 8 heteroatoms. The number of rotatable bonds is 2. The van der Waals surface area contributed by atoms with Crippen LogP contribution in [0.4, 0.5) is 20.8 Å². The van der Waals surface area contributed by atoms with Gasteiger partial charge in [0.25, 0.3) is 0 Å². The van der Waals surface area contributed by atoms with Gasteiger partial charge >= 0.3 is 6.03 Å². The summed E-state index contributed by atoms with van der Waals surface area (Å²) in [5, 5.41) is 6.88. The van der Waals surface area contributed by atoms with Gasteiger partial charge in [0.15, 0.2) is 0 Å². The van der Waals surface area contributed by atoms with Gasteiger partial charge in [-0.3, -0.25) is 10.00 Å². The van der Waals surface area contributed by atoms with Crippen LogP contribution in [0.1, 0.15) is 12.2 Å². The van der Waals surface area contributed by atoms with Gasteiger partial charge in [0.05, 0.1) is 0 Å². The van der Waals surface area contributed by atoms with E-state index >= 15 is 0 Å². The van der Waals surface area contributed by atoms with Crippen molar-refractivity contribution in [1.29, 1.82) is 0 Å². The van der Waals surface area contributed by atoms with E-state index in [2.05, 4.69) is 20.3 Å². The summed E-state index contributed by atoms with van der Waals surface area (Å²) in [5.74, 6) is 0.816. The predicted octanol–water partition coefficient (Wildman–Crippen LogP) is 2.01. The molecule has 2 aromatic rings. The van der Waals surface area contributed by atoms with Crippen LogP contribution in [0.25, 0.3) is 0 Å². The Morgan fingerprint density at radius 3 is 2.58 bits per heavy atom. The molecule has 1 fully saturated rings. The fourth-order valence-corrected chi connectivity index (χ4v) is 2.72. The number of hydrogen-bond donors (Lipinski definition) is 1. The summed E-state index contributed by atoms with van der Waals surface area (Å²) in [6.07, 6.45) is 0.847. The normalized spacial score (nSPS) is 15.3. The summed E-state index contributed by atoms with van der Waals surface area (Å²) < 4.78 is 14.7. The number of carbonyl (C=O) groups excluding carboxylic acids is 1. The summed E-state index contributed by atoms with van der Waals surface area (Å²) in [7, 11) is 1.78. The Morgan fingerprint density at radius 1 is 1.17 bits per heavy atom. The molecular weight excluding hydrogens is 311 g/mol. The third-order valence-corrected chi connectivity index (χ3v) is 4.17. The van der Waals surface area contributed by atoms with Gasteiger partial charge in [0.1, 0.15) is 11.6 Å². The maximum Gasteiger partial charge on any atom is 0.324 e. The van der Waals surface area contributed by atoms with Crippen molar-refractivity contribution in [2.24, 2.45) is 7.05 Å². The summed E-state index contributed by atoms with van der Waals surface area (Å²) in [5.41, 5.74) is 0.973. The number of benzene rings is 1. The van der Waals surface area contributed by atoms with Gasteiger partial charge in [-0.05, 0) is 37.6 Å². The Kier molecular flexibility index (Phi) is 4.64. The van der Waals surface area contributed by atoms with E-state index in [9.17, 15) is 9.18 Å². The Morgan fingerprint density at radius 2 is 1.92 bits per heavy atom. The molecule has 1 N–H and O–H groups in total. The molecule has 1 aromatic heterocycles. The molecule has 0 bridgehead atoms. The standard InChI is InChI=1S/C16H21FN6O/c1-12-18-15(20-21(12)2)19-16(24)23-9-3-8-22(10-11-23)14-6-4-13(17)5-7-14/h4-7H,3,8-11H2,1-2H3,(H,19,20,24). The largest absolute Gasteiger partial charge is 0.370 e. The Labute approximate surface area is 140 Å². The molecule has 0 atom stereocenters. The van der Waals surface area contributed by atoms with Crippen molar-refractivity contribution in [3.8, 4) is 0 Å². The van der Waals surface area contributed by atoms with Crippen LogP contribution in [0.5, 0.6) is 0 Å². The zero-order chi connectivity index (χ0) is 17.1. The second-order valence-corrected chi connectivity index (χ2v) is 5.84. The van der Waals surface area contributed by atoms with Gasteiger partial charge in [-0.1, -0.05) is 0 Å². The van der Waals surface area contributed by atoms with E-state index < -0.39 is 0 Å². The molecular formula is C16H21FN6O. The van der Waals surface area contributed by atoms with Crippen molar-refractivity contribution in [3.63, 3.8) is 0 Å². The maximum atomic E-state index is 13.0. The lowest BCUT2D eigenvalue weighted by molar-refractivity contribution is 0.215. The van der Waals surface area contributed by atoms with Crippen molar-refractivity contribution >= 4 is 17.7 Å². The summed E-state index contributed by atoms with van der Waals surface area (Å²) in [4.78, 5) is 20.5. The molecule has 7 nitrogen and oxygen atoms in total. The molecule has 0 unspecified atom stereocenters. The fraction of sp³-hybridized carbons (Fsp3) is 0.438. The van der Waals surface area contributed by atoms with E-state index in [4.69, 9.17) is 0 Å². The lowest BCUT2D eigenvalue weighted by atomic mass is 10.2. The minimum Gasteiger partial charge on any atom is -0.370 e. The number of aryl methyl sites for hydroxylation is 2. The number of anilines is 2. The highest BCUT2D eigenvalue weighted by atomic mass is 19.1. The average molecular weight is 332 g/mol. The number of amides is 2. The van der Waals surface area contributed by atoms with Crippen LogP contribution in [0.15, 0.2) is 24.3 Å². The average Bonchev–Trinajstić information content (AvgIpc) is 2.77. The Bertz CT molecular complexity index is 694. The van der Waals surface area contributed by atoms with Crippen LogP contribution >= 0.6 is 0 Å². The van der Waals surface area contributed by atoms with Crippen molar-refractivity contribution in [2.45, 2.75) is 13.3 Å². The quantitative estimate of drug-likeness (QED) is 0.913. The minimum atomic E-state index is -0.243. The van der Waals surface area contributed by atoms with E-state index in [1.807, 2.05) is 6.92 Å².